The Labute approximate surface area is 185 Å². The molecule has 1 N–H and O–H groups in total. The monoisotopic (exact) mass is 446 g/mol. The van der Waals surface area contributed by atoms with Crippen molar-refractivity contribution in [1.82, 2.24) is 14.8 Å². The quantitative estimate of drug-likeness (QED) is 0.429. The van der Waals surface area contributed by atoms with Gasteiger partial charge in [0.05, 0.1) is 12.0 Å². The molecule has 0 fully saturated rings. The molecule has 0 atom stereocenters. The Morgan fingerprint density at radius 3 is 2.34 bits per heavy atom. The molecule has 0 aliphatic carbocycles. The molecule has 3 aromatic rings. The summed E-state index contributed by atoms with van der Waals surface area (Å²) in [6, 6.07) is 11.1. The summed E-state index contributed by atoms with van der Waals surface area (Å²) in [5, 5.41) is 7.46. The summed E-state index contributed by atoms with van der Waals surface area (Å²) in [5.74, 6) is 0.225. The summed E-state index contributed by atoms with van der Waals surface area (Å²) in [5.41, 5.74) is 0.470. The van der Waals surface area contributed by atoms with E-state index in [1.165, 1.54) is 30.3 Å². The normalized spacial score (nSPS) is 12.8. The number of hydrogen-bond acceptors (Lipinski definition) is 3. The van der Waals surface area contributed by atoms with Gasteiger partial charge in [0.25, 0.3) is 0 Å². The summed E-state index contributed by atoms with van der Waals surface area (Å²) < 4.78 is 56.1. The van der Waals surface area contributed by atoms with E-state index in [0.29, 0.717) is 12.1 Å². The van der Waals surface area contributed by atoms with E-state index in [1.54, 1.807) is 16.9 Å². The van der Waals surface area contributed by atoms with Gasteiger partial charge in [-0.05, 0) is 62.6 Å². The van der Waals surface area contributed by atoms with E-state index >= 15 is 0 Å². The number of nitrogens with one attached hydrogen (secondary N) is 1. The molecular weight excluding hydrogens is 420 g/mol. The maximum atomic E-state index is 14.8. The number of anilines is 1. The molecule has 3 rings (SSSR count). The predicted octanol–water partition coefficient (Wildman–Crippen LogP) is 6.37. The number of alkyl halides is 3. The highest BCUT2D eigenvalue weighted by Crippen LogP contribution is 2.40. The van der Waals surface area contributed by atoms with Crippen molar-refractivity contribution in [1.29, 1.82) is 0 Å². The van der Waals surface area contributed by atoms with Crippen molar-refractivity contribution in [2.75, 3.05) is 11.9 Å². The highest BCUT2D eigenvalue weighted by Gasteiger charge is 2.48. The summed E-state index contributed by atoms with van der Waals surface area (Å²) in [6.07, 6.45) is -1.36. The van der Waals surface area contributed by atoms with Gasteiger partial charge >= 0.3 is 6.18 Å². The van der Waals surface area contributed by atoms with Crippen molar-refractivity contribution in [3.63, 3.8) is 0 Å². The molecule has 4 nitrogen and oxygen atoms in total. The minimum absolute atomic E-state index is 0.122. The molecule has 2 heterocycles. The number of hydrogen-bond donors (Lipinski definition) is 1. The van der Waals surface area contributed by atoms with Gasteiger partial charge in [0, 0.05) is 18.4 Å². The molecular formula is C24H26F4N4. The Morgan fingerprint density at radius 2 is 1.78 bits per heavy atom. The van der Waals surface area contributed by atoms with Crippen LogP contribution < -0.4 is 5.32 Å². The first-order valence-electron chi connectivity index (χ1n) is 10.3. The van der Waals surface area contributed by atoms with Crippen molar-refractivity contribution in [3.05, 3.63) is 76.7 Å². The zero-order valence-corrected chi connectivity index (χ0v) is 18.5. The van der Waals surface area contributed by atoms with Gasteiger partial charge in [-0.3, -0.25) is 4.68 Å². The summed E-state index contributed by atoms with van der Waals surface area (Å²) >= 11 is 0. The lowest BCUT2D eigenvalue weighted by atomic mass is 9.83. The molecule has 0 unspecified atom stereocenters. The van der Waals surface area contributed by atoms with E-state index in [0.717, 1.165) is 37.5 Å². The van der Waals surface area contributed by atoms with Crippen LogP contribution in [0.3, 0.4) is 0 Å². The molecule has 0 aliphatic rings. The van der Waals surface area contributed by atoms with Gasteiger partial charge in [-0.15, -0.1) is 0 Å². The minimum atomic E-state index is -4.37. The second-order valence-electron chi connectivity index (χ2n) is 8.15. The fourth-order valence-electron chi connectivity index (χ4n) is 3.14. The van der Waals surface area contributed by atoms with Crippen LogP contribution in [0.1, 0.15) is 48.8 Å². The predicted molar refractivity (Wildman–Crippen MR) is 119 cm³/mol. The van der Waals surface area contributed by atoms with Crippen LogP contribution in [-0.2, 0) is 12.0 Å². The van der Waals surface area contributed by atoms with Crippen LogP contribution in [0.5, 0.6) is 0 Å². The molecule has 0 bridgehead atoms. The smallest absolute Gasteiger partial charge is 0.370 e. The SMILES string of the molecule is CCNc1ccc(Cn2nc(C(F)=Cc3ccc(C(C)(C)C(F)(F)F)cc3)cc2C)cn1. The van der Waals surface area contributed by atoms with E-state index in [2.05, 4.69) is 15.4 Å². The first-order chi connectivity index (χ1) is 15.0. The van der Waals surface area contributed by atoms with E-state index in [9.17, 15) is 17.6 Å². The lowest BCUT2D eigenvalue weighted by Crippen LogP contribution is -2.36. The zero-order chi connectivity index (χ0) is 23.5. The van der Waals surface area contributed by atoms with Gasteiger partial charge in [-0.25, -0.2) is 9.37 Å². The lowest BCUT2D eigenvalue weighted by Gasteiger charge is -2.28. The van der Waals surface area contributed by atoms with Crippen LogP contribution in [0.4, 0.5) is 23.4 Å². The Morgan fingerprint density at radius 1 is 1.09 bits per heavy atom. The maximum Gasteiger partial charge on any atom is 0.397 e. The Balaban J connectivity index is 1.76. The highest BCUT2D eigenvalue weighted by molar-refractivity contribution is 5.75. The summed E-state index contributed by atoms with van der Waals surface area (Å²) in [7, 11) is 0. The molecule has 0 amide bonds. The Bertz CT molecular complexity index is 1080. The third-order valence-electron chi connectivity index (χ3n) is 5.38. The minimum Gasteiger partial charge on any atom is -0.370 e. The first-order valence-corrected chi connectivity index (χ1v) is 10.3. The van der Waals surface area contributed by atoms with Gasteiger partial charge in [0.15, 0.2) is 5.83 Å². The largest absolute Gasteiger partial charge is 0.397 e. The van der Waals surface area contributed by atoms with Crippen LogP contribution in [-0.4, -0.2) is 27.5 Å². The van der Waals surface area contributed by atoms with Crippen molar-refractivity contribution < 1.29 is 17.6 Å². The van der Waals surface area contributed by atoms with Crippen molar-refractivity contribution in [2.45, 2.75) is 45.8 Å². The molecule has 8 heteroatoms. The van der Waals surface area contributed by atoms with Crippen LogP contribution in [0.25, 0.3) is 11.9 Å². The third-order valence-corrected chi connectivity index (χ3v) is 5.38. The van der Waals surface area contributed by atoms with Gasteiger partial charge in [0.2, 0.25) is 0 Å². The van der Waals surface area contributed by atoms with Gasteiger partial charge in [0.1, 0.15) is 11.5 Å². The zero-order valence-electron chi connectivity index (χ0n) is 18.5. The van der Waals surface area contributed by atoms with Crippen molar-refractivity contribution in [3.8, 4) is 0 Å². The average molecular weight is 446 g/mol. The Hall–Kier alpha value is -3.16. The topological polar surface area (TPSA) is 42.7 Å². The van der Waals surface area contributed by atoms with Crippen LogP contribution in [0, 0.1) is 6.92 Å². The fraction of sp³-hybridized carbons (Fsp3) is 0.333. The fourth-order valence-corrected chi connectivity index (χ4v) is 3.14. The van der Waals surface area contributed by atoms with Crippen LogP contribution in [0.15, 0.2) is 48.7 Å². The second kappa shape index (κ2) is 9.14. The van der Waals surface area contributed by atoms with Crippen molar-refractivity contribution in [2.24, 2.45) is 0 Å². The van der Waals surface area contributed by atoms with Gasteiger partial charge < -0.3 is 5.32 Å². The average Bonchev–Trinajstić information content (AvgIpc) is 3.10. The number of pyridine rings is 1. The van der Waals surface area contributed by atoms with Crippen LogP contribution >= 0.6 is 0 Å². The van der Waals surface area contributed by atoms with E-state index < -0.39 is 17.4 Å². The second-order valence-corrected chi connectivity index (χ2v) is 8.15. The molecule has 0 radical (unpaired) electrons. The van der Waals surface area contributed by atoms with E-state index in [-0.39, 0.29) is 11.3 Å². The first kappa shape index (κ1) is 23.5. The summed E-state index contributed by atoms with van der Waals surface area (Å²) in [6.45, 7) is 7.29. The number of benzene rings is 1. The molecule has 2 aromatic heterocycles. The van der Waals surface area contributed by atoms with Gasteiger partial charge in [-0.2, -0.15) is 18.3 Å². The summed E-state index contributed by atoms with van der Waals surface area (Å²) in [4.78, 5) is 4.32. The Kier molecular flexibility index (Phi) is 6.71. The number of aryl methyl sites for hydroxylation is 1. The number of halogens is 4. The van der Waals surface area contributed by atoms with E-state index in [4.69, 9.17) is 0 Å². The highest BCUT2D eigenvalue weighted by atomic mass is 19.4. The van der Waals surface area contributed by atoms with Crippen molar-refractivity contribution >= 4 is 17.7 Å². The standard InChI is InChI=1S/C24H26F4N4/c1-5-29-22-11-8-18(14-30-22)15-32-16(2)12-21(31-32)20(25)13-17-6-9-19(10-7-17)23(3,4)24(26,27)28/h6-14H,5,15H2,1-4H3,(H,29,30). The molecule has 0 aliphatic heterocycles. The molecule has 32 heavy (non-hydrogen) atoms. The third kappa shape index (κ3) is 5.18. The number of aromatic nitrogens is 3. The number of rotatable bonds is 7. The number of nitrogens with zero attached hydrogens (tertiary/aromatic N) is 3. The lowest BCUT2D eigenvalue weighted by molar-refractivity contribution is -0.180. The van der Waals surface area contributed by atoms with Crippen LogP contribution in [0.2, 0.25) is 0 Å². The molecule has 0 spiro atoms. The van der Waals surface area contributed by atoms with Gasteiger partial charge in [-0.1, -0.05) is 30.3 Å². The molecule has 0 saturated heterocycles. The molecule has 170 valence electrons. The van der Waals surface area contributed by atoms with E-state index in [1.807, 2.05) is 26.0 Å². The molecule has 1 aromatic carbocycles. The molecule has 0 saturated carbocycles. The maximum absolute atomic E-state index is 14.8.